The van der Waals surface area contributed by atoms with Crippen molar-refractivity contribution in [1.82, 2.24) is 4.98 Å². The quantitative estimate of drug-likeness (QED) is 0.358. The number of amides is 1. The van der Waals surface area contributed by atoms with E-state index in [-0.39, 0.29) is 21.9 Å². The number of aromatic nitrogens is 1. The van der Waals surface area contributed by atoms with Crippen molar-refractivity contribution in [3.05, 3.63) is 72.2 Å². The van der Waals surface area contributed by atoms with Gasteiger partial charge in [-0.1, -0.05) is 11.3 Å². The van der Waals surface area contributed by atoms with Crippen molar-refractivity contribution in [3.63, 3.8) is 0 Å². The highest BCUT2D eigenvalue weighted by Crippen LogP contribution is 2.32. The maximum Gasteiger partial charge on any atom is 0.260 e. The fourth-order valence-corrected chi connectivity index (χ4v) is 6.02. The van der Waals surface area contributed by atoms with Gasteiger partial charge in [-0.2, -0.15) is 0 Å². The van der Waals surface area contributed by atoms with Gasteiger partial charge in [-0.15, -0.1) is 0 Å². The molecule has 0 N–H and O–H groups in total. The fraction of sp³-hybridized carbons (Fsp3) is 0.217. The molecule has 0 bridgehead atoms. The van der Waals surface area contributed by atoms with Crippen LogP contribution in [-0.4, -0.2) is 39.2 Å². The third kappa shape index (κ3) is 4.77. The number of fused-ring (bicyclic) bond motifs is 1. The lowest BCUT2D eigenvalue weighted by atomic mass is 10.2. The van der Waals surface area contributed by atoms with Gasteiger partial charge in [0.05, 0.1) is 38.1 Å². The molecule has 0 aliphatic carbocycles. The van der Waals surface area contributed by atoms with Crippen molar-refractivity contribution in [2.24, 2.45) is 0 Å². The minimum absolute atomic E-state index is 0.0939. The zero-order valence-electron chi connectivity index (χ0n) is 18.6. The van der Waals surface area contributed by atoms with E-state index in [1.165, 1.54) is 58.9 Å². The number of anilines is 1. The van der Waals surface area contributed by atoms with Crippen molar-refractivity contribution < 1.29 is 26.0 Å². The number of rotatable bonds is 7. The van der Waals surface area contributed by atoms with Crippen LogP contribution in [0, 0.1) is 0 Å². The average molecular weight is 519 g/mol. The molecule has 11 heteroatoms. The van der Waals surface area contributed by atoms with Crippen molar-refractivity contribution in [2.75, 3.05) is 11.2 Å². The number of furan rings is 1. The van der Waals surface area contributed by atoms with Crippen molar-refractivity contribution in [3.8, 4) is 0 Å². The molecule has 1 amide bonds. The molecule has 2 heterocycles. The summed E-state index contributed by atoms with van der Waals surface area (Å²) in [6, 6.07) is 13.8. The molecule has 4 aromatic rings. The molecule has 0 aliphatic rings. The third-order valence-electron chi connectivity index (χ3n) is 5.20. The Bertz CT molecular complexity index is 1550. The Morgan fingerprint density at radius 1 is 1.03 bits per heavy atom. The largest absolute Gasteiger partial charge is 0.467 e. The standard InChI is InChI=1S/C23H22N2O6S3/c1-15(2)34(29,30)18-8-6-16(7-9-18)22(26)25(14-17-5-4-12-31-17)23-24-20-11-10-19(33(3,27)28)13-21(20)32-23/h4-13,15H,14H2,1-3H3. The zero-order chi connectivity index (χ0) is 24.7. The van der Waals surface area contributed by atoms with E-state index in [9.17, 15) is 21.6 Å². The summed E-state index contributed by atoms with van der Waals surface area (Å²) in [5.74, 6) is 0.135. The molecule has 0 saturated carbocycles. The highest BCUT2D eigenvalue weighted by molar-refractivity contribution is 7.92. The molecule has 0 spiro atoms. The Morgan fingerprint density at radius 2 is 1.71 bits per heavy atom. The van der Waals surface area contributed by atoms with Gasteiger partial charge in [0.15, 0.2) is 24.8 Å². The van der Waals surface area contributed by atoms with Gasteiger partial charge in [-0.25, -0.2) is 21.8 Å². The molecule has 178 valence electrons. The van der Waals surface area contributed by atoms with Gasteiger partial charge in [0.25, 0.3) is 5.91 Å². The molecule has 0 saturated heterocycles. The minimum Gasteiger partial charge on any atom is -0.467 e. The Morgan fingerprint density at radius 3 is 2.29 bits per heavy atom. The summed E-state index contributed by atoms with van der Waals surface area (Å²) in [5, 5.41) is -0.218. The Kier molecular flexibility index (Phi) is 6.36. The topological polar surface area (TPSA) is 115 Å². The van der Waals surface area contributed by atoms with E-state index in [0.717, 1.165) is 6.26 Å². The van der Waals surface area contributed by atoms with Gasteiger partial charge in [0, 0.05) is 11.8 Å². The normalized spacial score (nSPS) is 12.4. The first-order chi connectivity index (χ1) is 16.0. The average Bonchev–Trinajstić information content (AvgIpc) is 3.45. The molecule has 2 aromatic carbocycles. The van der Waals surface area contributed by atoms with E-state index in [1.54, 1.807) is 32.0 Å². The second-order valence-electron chi connectivity index (χ2n) is 7.99. The van der Waals surface area contributed by atoms with Crippen LogP contribution < -0.4 is 4.90 Å². The smallest absolute Gasteiger partial charge is 0.260 e. The first kappa shape index (κ1) is 24.1. The highest BCUT2D eigenvalue weighted by atomic mass is 32.2. The monoisotopic (exact) mass is 518 g/mol. The van der Waals surface area contributed by atoms with Crippen LogP contribution in [0.15, 0.2) is 75.1 Å². The molecule has 8 nitrogen and oxygen atoms in total. The summed E-state index contributed by atoms with van der Waals surface area (Å²) in [7, 11) is -6.86. The molecular formula is C23H22N2O6S3. The SMILES string of the molecule is CC(C)S(=O)(=O)c1ccc(C(=O)N(Cc2ccco2)c2nc3ccc(S(C)(=O)=O)cc3s2)cc1. The van der Waals surface area contributed by atoms with Crippen molar-refractivity contribution >= 4 is 52.3 Å². The van der Waals surface area contributed by atoms with Crippen LogP contribution in [0.2, 0.25) is 0 Å². The maximum absolute atomic E-state index is 13.5. The third-order valence-corrected chi connectivity index (χ3v) is 9.52. The molecule has 4 rings (SSSR count). The van der Waals surface area contributed by atoms with Gasteiger partial charge in [0.1, 0.15) is 5.76 Å². The fourth-order valence-electron chi connectivity index (χ4n) is 3.24. The predicted molar refractivity (Wildman–Crippen MR) is 131 cm³/mol. The Hall–Kier alpha value is -3.02. The summed E-state index contributed by atoms with van der Waals surface area (Å²) < 4.78 is 54.7. The second-order valence-corrected chi connectivity index (χ2v) is 13.5. The second kappa shape index (κ2) is 8.97. The molecular weight excluding hydrogens is 496 g/mol. The molecule has 0 aliphatic heterocycles. The van der Waals surface area contributed by atoms with Crippen molar-refractivity contribution in [2.45, 2.75) is 35.4 Å². The molecule has 2 aromatic heterocycles. The first-order valence-corrected chi connectivity index (χ1v) is 14.5. The van der Waals surface area contributed by atoms with Crippen molar-refractivity contribution in [1.29, 1.82) is 0 Å². The summed E-state index contributed by atoms with van der Waals surface area (Å²) in [6.45, 7) is 3.29. The number of sulfone groups is 2. The number of hydrogen-bond acceptors (Lipinski definition) is 8. The predicted octanol–water partition coefficient (Wildman–Crippen LogP) is 4.32. The number of carbonyl (C=O) groups is 1. The molecule has 0 fully saturated rings. The lowest BCUT2D eigenvalue weighted by Gasteiger charge is -2.19. The number of nitrogens with zero attached hydrogens (tertiary/aromatic N) is 2. The van der Waals surface area contributed by atoms with Crippen LogP contribution in [0.4, 0.5) is 5.13 Å². The Balaban J connectivity index is 1.74. The van der Waals surface area contributed by atoms with Crippen LogP contribution in [-0.2, 0) is 26.2 Å². The first-order valence-electron chi connectivity index (χ1n) is 10.3. The summed E-state index contributed by atoms with van der Waals surface area (Å²) in [6.07, 6.45) is 2.63. The number of thiazole rings is 1. The number of carbonyl (C=O) groups excluding carboxylic acids is 1. The van der Waals surface area contributed by atoms with Crippen LogP contribution in [0.5, 0.6) is 0 Å². The zero-order valence-corrected chi connectivity index (χ0v) is 21.1. The molecule has 34 heavy (non-hydrogen) atoms. The molecule has 0 atom stereocenters. The van der Waals surface area contributed by atoms with Gasteiger partial charge in [-0.05, 0) is 68.4 Å². The van der Waals surface area contributed by atoms with Crippen LogP contribution >= 0.6 is 11.3 Å². The van der Waals surface area contributed by atoms with E-state index < -0.39 is 30.8 Å². The number of benzene rings is 2. The van der Waals surface area contributed by atoms with E-state index in [2.05, 4.69) is 4.98 Å². The molecule has 0 radical (unpaired) electrons. The van der Waals surface area contributed by atoms with Gasteiger partial charge < -0.3 is 4.42 Å². The summed E-state index contributed by atoms with van der Waals surface area (Å²) in [4.78, 5) is 19.7. The summed E-state index contributed by atoms with van der Waals surface area (Å²) >= 11 is 1.18. The lowest BCUT2D eigenvalue weighted by Crippen LogP contribution is -2.30. The molecule has 0 unspecified atom stereocenters. The van der Waals surface area contributed by atoms with Gasteiger partial charge in [-0.3, -0.25) is 9.69 Å². The highest BCUT2D eigenvalue weighted by Gasteiger charge is 2.25. The van der Waals surface area contributed by atoms with E-state index in [1.807, 2.05) is 0 Å². The summed E-state index contributed by atoms with van der Waals surface area (Å²) in [5.41, 5.74) is 0.841. The van der Waals surface area contributed by atoms with Crippen LogP contribution in [0.25, 0.3) is 10.2 Å². The van der Waals surface area contributed by atoms with Crippen LogP contribution in [0.3, 0.4) is 0 Å². The van der Waals surface area contributed by atoms with E-state index in [0.29, 0.717) is 21.1 Å². The minimum atomic E-state index is -3.47. The van der Waals surface area contributed by atoms with Gasteiger partial charge >= 0.3 is 0 Å². The number of hydrogen-bond donors (Lipinski definition) is 0. The lowest BCUT2D eigenvalue weighted by molar-refractivity contribution is 0.0983. The van der Waals surface area contributed by atoms with Crippen LogP contribution in [0.1, 0.15) is 30.0 Å². The Labute approximate surface area is 201 Å². The maximum atomic E-state index is 13.5. The van der Waals surface area contributed by atoms with Gasteiger partial charge in [0.2, 0.25) is 0 Å². The van der Waals surface area contributed by atoms with E-state index in [4.69, 9.17) is 4.42 Å². The van der Waals surface area contributed by atoms with E-state index >= 15 is 0 Å².